The summed E-state index contributed by atoms with van der Waals surface area (Å²) in [6, 6.07) is 6.14. The number of nitrogens with one attached hydrogen (secondary N) is 3. The van der Waals surface area contributed by atoms with Crippen molar-refractivity contribution < 1.29 is 9.59 Å². The second-order valence-electron chi connectivity index (χ2n) is 3.37. The molecular weight excluding hydrogens is 368 g/mol. The van der Waals surface area contributed by atoms with Crippen LogP contribution in [-0.4, -0.2) is 20.7 Å². The molecule has 3 N–H and O–H groups in total. The molecule has 0 atom stereocenters. The van der Waals surface area contributed by atoms with Crippen molar-refractivity contribution in [2.24, 2.45) is 0 Å². The first-order chi connectivity index (χ1) is 9.20. The van der Waals surface area contributed by atoms with Gasteiger partial charge in [0.05, 0.1) is 0 Å². The second kappa shape index (κ2) is 7.28. The largest absolute Gasteiger partial charge is 0.298 e. The van der Waals surface area contributed by atoms with Crippen LogP contribution >= 0.6 is 58.6 Å². The van der Waals surface area contributed by atoms with Crippen LogP contribution in [0.1, 0.15) is 10.4 Å². The van der Waals surface area contributed by atoms with Gasteiger partial charge in [0.1, 0.15) is 0 Å². The highest BCUT2D eigenvalue weighted by Gasteiger charge is 2.31. The predicted molar refractivity (Wildman–Crippen MR) is 83.1 cm³/mol. The van der Waals surface area contributed by atoms with Crippen molar-refractivity contribution in [3.05, 3.63) is 34.9 Å². The Balaban J connectivity index is 2.47. The van der Waals surface area contributed by atoms with Crippen molar-refractivity contribution in [2.75, 3.05) is 0 Å². The summed E-state index contributed by atoms with van der Waals surface area (Å²) in [6.45, 7) is 0. The number of halogens is 4. The predicted octanol–water partition coefficient (Wildman–Crippen LogP) is 2.35. The highest BCUT2D eigenvalue weighted by Crippen LogP contribution is 2.25. The van der Waals surface area contributed by atoms with Crippen LogP contribution in [0, 0.1) is 0 Å². The SMILES string of the molecule is O=C(NNC(=S)NC(=O)C(Cl)(Cl)Cl)c1ccc(Cl)cc1. The molecular formula is C10H7Cl4N3O2S. The Morgan fingerprint density at radius 3 is 2.10 bits per heavy atom. The third kappa shape index (κ3) is 5.68. The maximum absolute atomic E-state index is 11.7. The van der Waals surface area contributed by atoms with Gasteiger partial charge < -0.3 is 0 Å². The van der Waals surface area contributed by atoms with Gasteiger partial charge in [-0.1, -0.05) is 46.4 Å². The molecule has 0 unspecified atom stereocenters. The first kappa shape index (κ1) is 17.3. The van der Waals surface area contributed by atoms with Crippen LogP contribution in [0.25, 0.3) is 0 Å². The number of thiocarbonyl (C=S) groups is 1. The summed E-state index contributed by atoms with van der Waals surface area (Å²) in [7, 11) is 0. The average molecular weight is 375 g/mol. The molecule has 5 nitrogen and oxygen atoms in total. The van der Waals surface area contributed by atoms with Crippen LogP contribution in [0.4, 0.5) is 0 Å². The number of hydrogen-bond donors (Lipinski definition) is 3. The number of alkyl halides is 3. The Labute approximate surface area is 139 Å². The molecule has 10 heteroatoms. The summed E-state index contributed by atoms with van der Waals surface area (Å²) in [5, 5.41) is 2.37. The molecule has 0 saturated heterocycles. The molecule has 20 heavy (non-hydrogen) atoms. The number of carbonyl (C=O) groups excluding carboxylic acids is 2. The van der Waals surface area contributed by atoms with Gasteiger partial charge in [-0.2, -0.15) is 0 Å². The highest BCUT2D eigenvalue weighted by atomic mass is 35.6. The molecule has 0 aliphatic heterocycles. The first-order valence-corrected chi connectivity index (χ1v) is 6.86. The Morgan fingerprint density at radius 1 is 1.05 bits per heavy atom. The zero-order valence-electron chi connectivity index (χ0n) is 9.55. The van der Waals surface area contributed by atoms with Gasteiger partial charge in [0.25, 0.3) is 15.6 Å². The van der Waals surface area contributed by atoms with Crippen molar-refractivity contribution in [2.45, 2.75) is 3.79 Å². The lowest BCUT2D eigenvalue weighted by atomic mass is 10.2. The van der Waals surface area contributed by atoms with Crippen LogP contribution in [0.15, 0.2) is 24.3 Å². The van der Waals surface area contributed by atoms with E-state index in [0.29, 0.717) is 10.6 Å². The van der Waals surface area contributed by atoms with E-state index in [4.69, 9.17) is 58.6 Å². The van der Waals surface area contributed by atoms with E-state index >= 15 is 0 Å². The molecule has 108 valence electrons. The molecule has 1 rings (SSSR count). The summed E-state index contributed by atoms with van der Waals surface area (Å²) in [5.41, 5.74) is 4.89. The van der Waals surface area contributed by atoms with Gasteiger partial charge in [-0.3, -0.25) is 25.8 Å². The summed E-state index contributed by atoms with van der Waals surface area (Å²) < 4.78 is -2.15. The lowest BCUT2D eigenvalue weighted by Gasteiger charge is -2.13. The number of carbonyl (C=O) groups is 2. The van der Waals surface area contributed by atoms with Crippen LogP contribution in [0.5, 0.6) is 0 Å². The average Bonchev–Trinajstić information content (AvgIpc) is 2.35. The van der Waals surface area contributed by atoms with E-state index < -0.39 is 15.6 Å². The Kier molecular flexibility index (Phi) is 6.29. The zero-order valence-corrected chi connectivity index (χ0v) is 13.4. The van der Waals surface area contributed by atoms with Gasteiger partial charge in [-0.05, 0) is 36.5 Å². The standard InChI is InChI=1S/C10H7Cl4N3O2S/c11-6-3-1-5(2-4-6)7(18)16-17-9(20)15-8(19)10(12,13)14/h1-4H,(H,16,18)(H2,15,17,19,20). The minimum absolute atomic E-state index is 0.219. The Morgan fingerprint density at radius 2 is 1.60 bits per heavy atom. The third-order valence-electron chi connectivity index (χ3n) is 1.88. The van der Waals surface area contributed by atoms with Gasteiger partial charge in [0.2, 0.25) is 0 Å². The number of hydrazine groups is 1. The van der Waals surface area contributed by atoms with E-state index in [9.17, 15) is 9.59 Å². The molecule has 0 aliphatic carbocycles. The lowest BCUT2D eigenvalue weighted by Crippen LogP contribution is -2.50. The number of rotatable bonds is 1. The van der Waals surface area contributed by atoms with E-state index in [2.05, 4.69) is 16.2 Å². The van der Waals surface area contributed by atoms with Crippen molar-refractivity contribution in [3.63, 3.8) is 0 Å². The van der Waals surface area contributed by atoms with E-state index in [-0.39, 0.29) is 5.11 Å². The minimum atomic E-state index is -2.15. The first-order valence-electron chi connectivity index (χ1n) is 4.94. The molecule has 0 radical (unpaired) electrons. The molecule has 0 heterocycles. The number of amides is 2. The van der Waals surface area contributed by atoms with Gasteiger partial charge in [-0.15, -0.1) is 0 Å². The maximum Gasteiger partial charge on any atom is 0.278 e. The maximum atomic E-state index is 11.7. The topological polar surface area (TPSA) is 70.2 Å². The van der Waals surface area contributed by atoms with Crippen LogP contribution < -0.4 is 16.2 Å². The molecule has 0 aliphatic rings. The van der Waals surface area contributed by atoms with Crippen molar-refractivity contribution >= 4 is 75.5 Å². The molecule has 0 aromatic heterocycles. The Bertz CT molecular complexity index is 530. The van der Waals surface area contributed by atoms with E-state index in [1.807, 2.05) is 0 Å². The molecule has 0 bridgehead atoms. The molecule has 0 spiro atoms. The van der Waals surface area contributed by atoms with Gasteiger partial charge in [0, 0.05) is 10.6 Å². The fourth-order valence-corrected chi connectivity index (χ4v) is 1.40. The van der Waals surface area contributed by atoms with E-state index in [1.165, 1.54) is 12.1 Å². The molecule has 1 aromatic carbocycles. The minimum Gasteiger partial charge on any atom is -0.298 e. The van der Waals surface area contributed by atoms with Crippen LogP contribution in [0.2, 0.25) is 5.02 Å². The quantitative estimate of drug-likeness (QED) is 0.401. The van der Waals surface area contributed by atoms with Crippen molar-refractivity contribution in [1.82, 2.24) is 16.2 Å². The molecule has 0 fully saturated rings. The van der Waals surface area contributed by atoms with E-state index in [1.54, 1.807) is 12.1 Å². The molecule has 1 aromatic rings. The monoisotopic (exact) mass is 373 g/mol. The fraction of sp³-hybridized carbons (Fsp3) is 0.100. The third-order valence-corrected chi connectivity index (χ3v) is 2.85. The number of hydrogen-bond acceptors (Lipinski definition) is 3. The van der Waals surface area contributed by atoms with Gasteiger partial charge in [-0.25, -0.2) is 0 Å². The fourth-order valence-electron chi connectivity index (χ4n) is 0.992. The normalized spacial score (nSPS) is 10.6. The smallest absolute Gasteiger partial charge is 0.278 e. The summed E-state index contributed by atoms with van der Waals surface area (Å²) in [4.78, 5) is 22.9. The van der Waals surface area contributed by atoms with Gasteiger partial charge in [0.15, 0.2) is 5.11 Å². The summed E-state index contributed by atoms with van der Waals surface area (Å²) in [6.07, 6.45) is 0. The van der Waals surface area contributed by atoms with Crippen LogP contribution in [-0.2, 0) is 4.79 Å². The number of benzene rings is 1. The lowest BCUT2D eigenvalue weighted by molar-refractivity contribution is -0.118. The molecule has 2 amide bonds. The molecule has 0 saturated carbocycles. The second-order valence-corrected chi connectivity index (χ2v) is 6.49. The summed E-state index contributed by atoms with van der Waals surface area (Å²) in [5.74, 6) is -1.42. The van der Waals surface area contributed by atoms with Crippen LogP contribution in [0.3, 0.4) is 0 Å². The van der Waals surface area contributed by atoms with Gasteiger partial charge >= 0.3 is 0 Å². The van der Waals surface area contributed by atoms with Crippen molar-refractivity contribution in [3.8, 4) is 0 Å². The van der Waals surface area contributed by atoms with E-state index in [0.717, 1.165) is 0 Å². The Hall–Kier alpha value is -0.790. The van der Waals surface area contributed by atoms with Crippen molar-refractivity contribution in [1.29, 1.82) is 0 Å². The summed E-state index contributed by atoms with van der Waals surface area (Å²) >= 11 is 26.4. The zero-order chi connectivity index (χ0) is 15.3. The highest BCUT2D eigenvalue weighted by molar-refractivity contribution is 7.80.